The van der Waals surface area contributed by atoms with E-state index in [1.54, 1.807) is 0 Å². The zero-order valence-corrected chi connectivity index (χ0v) is 10.0. The molecular formula is C10H9F3N4O2. The van der Waals surface area contributed by atoms with Crippen LogP contribution in [0.5, 0.6) is 0 Å². The van der Waals surface area contributed by atoms with Crippen LogP contribution in [0.15, 0.2) is 6.07 Å². The number of fused-ring (bicyclic) bond motifs is 1. The van der Waals surface area contributed by atoms with Crippen LogP contribution >= 0.6 is 0 Å². The Balaban J connectivity index is 2.55. The summed E-state index contributed by atoms with van der Waals surface area (Å²) in [5, 5.41) is 3.63. The fourth-order valence-electron chi connectivity index (χ4n) is 1.51. The van der Waals surface area contributed by atoms with Gasteiger partial charge in [0.05, 0.1) is 7.11 Å². The molecule has 0 amide bonds. The third-order valence-electron chi connectivity index (χ3n) is 2.30. The number of alkyl halides is 3. The van der Waals surface area contributed by atoms with Crippen LogP contribution in [0.25, 0.3) is 5.78 Å². The highest BCUT2D eigenvalue weighted by atomic mass is 19.4. The van der Waals surface area contributed by atoms with Crippen LogP contribution in [0.4, 0.5) is 13.2 Å². The Kier molecular flexibility index (Phi) is 3.13. The highest BCUT2D eigenvalue weighted by Crippen LogP contribution is 2.29. The largest absolute Gasteiger partial charge is 0.469 e. The third-order valence-corrected chi connectivity index (χ3v) is 2.30. The molecule has 2 rings (SSSR count). The number of hydrogen-bond donors (Lipinski definition) is 0. The summed E-state index contributed by atoms with van der Waals surface area (Å²) in [5.41, 5.74) is -0.824. The van der Waals surface area contributed by atoms with Gasteiger partial charge in [-0.2, -0.15) is 22.7 Å². The SMILES string of the molecule is COC(=O)Cc1nc2nc(C)cc(C(F)(F)F)n2n1. The average Bonchev–Trinajstić information content (AvgIpc) is 2.68. The topological polar surface area (TPSA) is 69.4 Å². The average molecular weight is 274 g/mol. The van der Waals surface area contributed by atoms with E-state index in [2.05, 4.69) is 19.8 Å². The monoisotopic (exact) mass is 274 g/mol. The molecule has 0 spiro atoms. The highest BCUT2D eigenvalue weighted by molar-refractivity contribution is 5.71. The molecule has 19 heavy (non-hydrogen) atoms. The molecule has 9 heteroatoms. The first-order valence-electron chi connectivity index (χ1n) is 5.18. The molecule has 0 atom stereocenters. The number of aryl methyl sites for hydroxylation is 1. The summed E-state index contributed by atoms with van der Waals surface area (Å²) in [6.07, 6.45) is -4.89. The Morgan fingerprint density at radius 3 is 2.68 bits per heavy atom. The first-order chi connectivity index (χ1) is 8.81. The van der Waals surface area contributed by atoms with Gasteiger partial charge in [-0.1, -0.05) is 0 Å². The van der Waals surface area contributed by atoms with Crippen LogP contribution in [0.3, 0.4) is 0 Å². The van der Waals surface area contributed by atoms with Gasteiger partial charge in [0, 0.05) is 5.69 Å². The first kappa shape index (κ1) is 13.2. The minimum atomic E-state index is -4.58. The van der Waals surface area contributed by atoms with Gasteiger partial charge in [-0.3, -0.25) is 4.79 Å². The van der Waals surface area contributed by atoms with Crippen LogP contribution in [-0.4, -0.2) is 32.7 Å². The van der Waals surface area contributed by atoms with Crippen molar-refractivity contribution in [2.45, 2.75) is 19.5 Å². The Labute approximate surface area is 105 Å². The molecule has 6 nitrogen and oxygen atoms in total. The molecule has 0 N–H and O–H groups in total. The Hall–Kier alpha value is -2.19. The summed E-state index contributed by atoms with van der Waals surface area (Å²) in [4.78, 5) is 18.7. The summed E-state index contributed by atoms with van der Waals surface area (Å²) in [5.74, 6) is -0.914. The van der Waals surface area contributed by atoms with E-state index < -0.39 is 17.8 Å². The number of esters is 1. The van der Waals surface area contributed by atoms with Gasteiger partial charge in [-0.25, -0.2) is 4.98 Å². The van der Waals surface area contributed by atoms with Crippen LogP contribution in [0.1, 0.15) is 17.2 Å². The van der Waals surface area contributed by atoms with Crippen molar-refractivity contribution in [3.05, 3.63) is 23.3 Å². The second kappa shape index (κ2) is 4.48. The second-order valence-corrected chi connectivity index (χ2v) is 3.77. The van der Waals surface area contributed by atoms with Crippen molar-refractivity contribution in [2.75, 3.05) is 7.11 Å². The minimum Gasteiger partial charge on any atom is -0.469 e. The Bertz CT molecular complexity index is 635. The summed E-state index contributed by atoms with van der Waals surface area (Å²) < 4.78 is 43.5. The van der Waals surface area contributed by atoms with E-state index >= 15 is 0 Å². The molecular weight excluding hydrogens is 265 g/mol. The summed E-state index contributed by atoms with van der Waals surface area (Å²) >= 11 is 0. The number of carbonyl (C=O) groups excluding carboxylic acids is 1. The lowest BCUT2D eigenvalue weighted by Crippen LogP contribution is -2.14. The summed E-state index contributed by atoms with van der Waals surface area (Å²) in [6, 6.07) is 0.865. The van der Waals surface area contributed by atoms with Crippen LogP contribution in [-0.2, 0) is 22.1 Å². The number of ether oxygens (including phenoxy) is 1. The van der Waals surface area contributed by atoms with E-state index in [-0.39, 0.29) is 23.7 Å². The maximum Gasteiger partial charge on any atom is 0.433 e. The Morgan fingerprint density at radius 1 is 1.42 bits per heavy atom. The number of methoxy groups -OCH3 is 1. The standard InChI is InChI=1S/C10H9F3N4O2/c1-5-3-6(10(11,12)13)17-9(14-5)15-7(16-17)4-8(18)19-2/h3H,4H2,1-2H3. The molecule has 0 aliphatic rings. The predicted octanol–water partition coefficient (Wildman–Crippen LogP) is 1.17. The third kappa shape index (κ3) is 2.64. The molecule has 0 aliphatic heterocycles. The van der Waals surface area contributed by atoms with Crippen molar-refractivity contribution in [1.82, 2.24) is 19.6 Å². The van der Waals surface area contributed by atoms with Crippen molar-refractivity contribution in [1.29, 1.82) is 0 Å². The lowest BCUT2D eigenvalue weighted by atomic mass is 10.3. The normalized spacial score (nSPS) is 11.8. The molecule has 102 valence electrons. The molecule has 2 aromatic heterocycles. The van der Waals surface area contributed by atoms with Gasteiger partial charge in [0.15, 0.2) is 11.5 Å². The molecule has 0 aliphatic carbocycles. The lowest BCUT2D eigenvalue weighted by molar-refractivity contribution is -0.142. The first-order valence-corrected chi connectivity index (χ1v) is 5.18. The molecule has 2 heterocycles. The second-order valence-electron chi connectivity index (χ2n) is 3.77. The van der Waals surface area contributed by atoms with Crippen molar-refractivity contribution >= 4 is 11.7 Å². The van der Waals surface area contributed by atoms with E-state index in [9.17, 15) is 18.0 Å². The van der Waals surface area contributed by atoms with Crippen molar-refractivity contribution in [2.24, 2.45) is 0 Å². The number of carbonyl (C=O) groups is 1. The van der Waals surface area contributed by atoms with Gasteiger partial charge in [0.25, 0.3) is 5.78 Å². The maximum absolute atomic E-state index is 12.8. The van der Waals surface area contributed by atoms with Gasteiger partial charge < -0.3 is 4.74 Å². The van der Waals surface area contributed by atoms with Crippen LogP contribution in [0.2, 0.25) is 0 Å². The van der Waals surface area contributed by atoms with Crippen molar-refractivity contribution in [3.63, 3.8) is 0 Å². The van der Waals surface area contributed by atoms with E-state index in [1.165, 1.54) is 14.0 Å². The molecule has 0 aromatic carbocycles. The fourth-order valence-corrected chi connectivity index (χ4v) is 1.51. The van der Waals surface area contributed by atoms with Gasteiger partial charge in [-0.15, -0.1) is 5.10 Å². The molecule has 0 saturated heterocycles. The van der Waals surface area contributed by atoms with Crippen LogP contribution < -0.4 is 0 Å². The predicted molar refractivity (Wildman–Crippen MR) is 56.2 cm³/mol. The number of hydrogen-bond acceptors (Lipinski definition) is 5. The van der Waals surface area contributed by atoms with Gasteiger partial charge in [0.2, 0.25) is 0 Å². The number of aromatic nitrogens is 4. The van der Waals surface area contributed by atoms with Gasteiger partial charge >= 0.3 is 12.1 Å². The quantitative estimate of drug-likeness (QED) is 0.769. The molecule has 0 bridgehead atoms. The van der Waals surface area contributed by atoms with Gasteiger partial charge in [-0.05, 0) is 13.0 Å². The highest BCUT2D eigenvalue weighted by Gasteiger charge is 2.35. The summed E-state index contributed by atoms with van der Waals surface area (Å²) in [6.45, 7) is 1.42. The fraction of sp³-hybridized carbons (Fsp3) is 0.400. The minimum absolute atomic E-state index is 0.0737. The van der Waals surface area contributed by atoms with Crippen molar-refractivity contribution in [3.8, 4) is 0 Å². The zero-order valence-electron chi connectivity index (χ0n) is 10.0. The number of nitrogens with zero attached hydrogens (tertiary/aromatic N) is 4. The van der Waals surface area contributed by atoms with E-state index in [0.717, 1.165) is 6.07 Å². The van der Waals surface area contributed by atoms with E-state index in [0.29, 0.717) is 4.52 Å². The van der Waals surface area contributed by atoms with Crippen LogP contribution in [0, 0.1) is 6.92 Å². The molecule has 0 saturated carbocycles. The van der Waals surface area contributed by atoms with Gasteiger partial charge in [0.1, 0.15) is 6.42 Å². The lowest BCUT2D eigenvalue weighted by Gasteiger charge is -2.08. The molecule has 0 unspecified atom stereocenters. The smallest absolute Gasteiger partial charge is 0.433 e. The maximum atomic E-state index is 12.8. The number of rotatable bonds is 2. The summed E-state index contributed by atoms with van der Waals surface area (Å²) in [7, 11) is 1.17. The zero-order chi connectivity index (χ0) is 14.2. The Morgan fingerprint density at radius 2 is 2.11 bits per heavy atom. The van der Waals surface area contributed by atoms with Crippen molar-refractivity contribution < 1.29 is 22.7 Å². The molecule has 2 aromatic rings. The van der Waals surface area contributed by atoms with E-state index in [1.807, 2.05) is 0 Å². The van der Waals surface area contributed by atoms with E-state index in [4.69, 9.17) is 0 Å². The molecule has 0 radical (unpaired) electrons. The number of halogens is 3. The molecule has 0 fully saturated rings.